The molecule has 4 N–H and O–H groups in total. The Morgan fingerprint density at radius 1 is 1.18 bits per heavy atom. The maximum absolute atomic E-state index is 9.58. The van der Waals surface area contributed by atoms with Crippen molar-refractivity contribution in [3.8, 4) is 17.2 Å². The predicted molar refractivity (Wildman–Crippen MR) is 118 cm³/mol. The number of carbonyl (C=O) groups is 2. The van der Waals surface area contributed by atoms with Gasteiger partial charge >= 0.3 is 11.9 Å². The van der Waals surface area contributed by atoms with Crippen molar-refractivity contribution in [2.75, 3.05) is 19.7 Å². The molecule has 10 heteroatoms. The van der Waals surface area contributed by atoms with E-state index in [0.717, 1.165) is 66.1 Å². The Morgan fingerprint density at radius 3 is 2.73 bits per heavy atom. The van der Waals surface area contributed by atoms with Crippen LogP contribution < -0.4 is 14.8 Å². The van der Waals surface area contributed by atoms with E-state index in [2.05, 4.69) is 10.5 Å². The Hall–Kier alpha value is -3.79. The molecule has 2 heterocycles. The monoisotopic (exact) mass is 458 g/mol. The van der Waals surface area contributed by atoms with Crippen molar-refractivity contribution < 1.29 is 38.9 Å². The third kappa shape index (κ3) is 6.84. The van der Waals surface area contributed by atoms with Crippen LogP contribution in [0.5, 0.6) is 17.2 Å². The zero-order chi connectivity index (χ0) is 23.8. The first-order valence-electron chi connectivity index (χ1n) is 10.5. The standard InChI is InChI=1S/C21H24N2O4.C2H2O4/c1-14-19-8-7-17(12-21(19)27-23-14)25-10-2-9-22-13-18-6-4-15-3-5-16(24)11-20(15)26-18;3-1(4)2(5)6/h3,5,7-8,11-12,18,22,24H,2,4,6,9-10,13H2,1H3;(H,3,4)(H,5,6). The molecule has 0 spiro atoms. The highest BCUT2D eigenvalue weighted by Crippen LogP contribution is 2.30. The molecule has 0 fully saturated rings. The molecule has 1 unspecified atom stereocenters. The van der Waals surface area contributed by atoms with Crippen molar-refractivity contribution in [1.29, 1.82) is 0 Å². The van der Waals surface area contributed by atoms with Crippen molar-refractivity contribution in [3.63, 3.8) is 0 Å². The molecule has 1 aliphatic heterocycles. The number of hydrogen-bond donors (Lipinski definition) is 4. The van der Waals surface area contributed by atoms with Crippen LogP contribution in [0.15, 0.2) is 40.9 Å². The number of carboxylic acids is 2. The van der Waals surface area contributed by atoms with E-state index in [-0.39, 0.29) is 11.9 Å². The Kier molecular flexibility index (Phi) is 8.09. The van der Waals surface area contributed by atoms with E-state index in [4.69, 9.17) is 33.8 Å². The number of fused-ring (bicyclic) bond motifs is 2. The topological polar surface area (TPSA) is 151 Å². The number of aromatic nitrogens is 1. The van der Waals surface area contributed by atoms with Crippen LogP contribution in [-0.2, 0) is 16.0 Å². The molecule has 0 saturated heterocycles. The van der Waals surface area contributed by atoms with Crippen LogP contribution in [0.3, 0.4) is 0 Å². The van der Waals surface area contributed by atoms with E-state index >= 15 is 0 Å². The zero-order valence-corrected chi connectivity index (χ0v) is 18.1. The first-order valence-corrected chi connectivity index (χ1v) is 10.5. The molecule has 1 atom stereocenters. The minimum atomic E-state index is -1.82. The minimum Gasteiger partial charge on any atom is -0.508 e. The van der Waals surface area contributed by atoms with Crippen LogP contribution in [0.2, 0.25) is 0 Å². The lowest BCUT2D eigenvalue weighted by Gasteiger charge is -2.26. The van der Waals surface area contributed by atoms with Gasteiger partial charge in [-0.2, -0.15) is 0 Å². The van der Waals surface area contributed by atoms with Crippen LogP contribution in [0.1, 0.15) is 24.1 Å². The molecular weight excluding hydrogens is 432 g/mol. The number of aromatic hydroxyl groups is 1. The van der Waals surface area contributed by atoms with Gasteiger partial charge in [0.2, 0.25) is 0 Å². The summed E-state index contributed by atoms with van der Waals surface area (Å²) in [5, 5.41) is 32.8. The molecule has 10 nitrogen and oxygen atoms in total. The van der Waals surface area contributed by atoms with E-state index in [9.17, 15) is 5.11 Å². The Bertz CT molecular complexity index is 1100. The summed E-state index contributed by atoms with van der Waals surface area (Å²) >= 11 is 0. The van der Waals surface area contributed by atoms with Gasteiger partial charge in [0.25, 0.3) is 0 Å². The molecular formula is C23H26N2O8. The van der Waals surface area contributed by atoms with E-state index in [0.29, 0.717) is 6.61 Å². The number of ether oxygens (including phenoxy) is 2. The molecule has 1 aliphatic rings. The van der Waals surface area contributed by atoms with E-state index in [1.165, 1.54) is 0 Å². The molecule has 176 valence electrons. The molecule has 0 bridgehead atoms. The quantitative estimate of drug-likeness (QED) is 0.307. The lowest BCUT2D eigenvalue weighted by Crippen LogP contribution is -2.34. The van der Waals surface area contributed by atoms with Gasteiger partial charge in [0.05, 0.1) is 12.3 Å². The third-order valence-corrected chi connectivity index (χ3v) is 5.03. The first kappa shape index (κ1) is 23.9. The molecule has 3 aromatic rings. The largest absolute Gasteiger partial charge is 0.508 e. The van der Waals surface area contributed by atoms with Gasteiger partial charge < -0.3 is 34.6 Å². The number of rotatable bonds is 7. The summed E-state index contributed by atoms with van der Waals surface area (Å²) < 4.78 is 17.0. The fourth-order valence-electron chi connectivity index (χ4n) is 3.34. The van der Waals surface area contributed by atoms with Gasteiger partial charge in [0, 0.05) is 24.1 Å². The summed E-state index contributed by atoms with van der Waals surface area (Å²) in [5.74, 6) is -1.80. The summed E-state index contributed by atoms with van der Waals surface area (Å²) in [7, 11) is 0. The molecule has 0 aliphatic carbocycles. The number of nitrogens with zero attached hydrogens (tertiary/aromatic N) is 1. The number of nitrogens with one attached hydrogen (secondary N) is 1. The Labute approximate surface area is 189 Å². The van der Waals surface area contributed by atoms with E-state index in [1.54, 1.807) is 12.1 Å². The molecule has 33 heavy (non-hydrogen) atoms. The number of phenols is 1. The lowest BCUT2D eigenvalue weighted by atomic mass is 10.0. The molecule has 0 saturated carbocycles. The highest BCUT2D eigenvalue weighted by molar-refractivity contribution is 6.27. The second kappa shape index (κ2) is 11.2. The first-order chi connectivity index (χ1) is 15.8. The molecule has 4 rings (SSSR count). The average molecular weight is 458 g/mol. The lowest BCUT2D eigenvalue weighted by molar-refractivity contribution is -0.159. The molecule has 2 aromatic carbocycles. The summed E-state index contributed by atoms with van der Waals surface area (Å²) in [6, 6.07) is 11.1. The maximum atomic E-state index is 9.58. The summed E-state index contributed by atoms with van der Waals surface area (Å²) in [6.07, 6.45) is 3.00. The van der Waals surface area contributed by atoms with Crippen molar-refractivity contribution in [1.82, 2.24) is 10.5 Å². The van der Waals surface area contributed by atoms with Crippen LogP contribution in [0.25, 0.3) is 11.0 Å². The van der Waals surface area contributed by atoms with Gasteiger partial charge in [0.1, 0.15) is 23.4 Å². The van der Waals surface area contributed by atoms with Gasteiger partial charge in [-0.1, -0.05) is 11.2 Å². The second-order valence-electron chi connectivity index (χ2n) is 7.51. The summed E-state index contributed by atoms with van der Waals surface area (Å²) in [4.78, 5) is 18.2. The van der Waals surface area contributed by atoms with Gasteiger partial charge in [0.15, 0.2) is 5.58 Å². The SMILES string of the molecule is Cc1noc2cc(OCCCNCC3CCc4ccc(O)cc4O3)ccc12.O=C(O)C(=O)O. The number of aryl methyl sites for hydroxylation is 2. The van der Waals surface area contributed by atoms with Crippen LogP contribution >= 0.6 is 0 Å². The Balaban J connectivity index is 0.000000454. The zero-order valence-electron chi connectivity index (χ0n) is 18.1. The van der Waals surface area contributed by atoms with Crippen molar-refractivity contribution in [2.45, 2.75) is 32.3 Å². The van der Waals surface area contributed by atoms with Crippen LogP contribution in [0.4, 0.5) is 0 Å². The van der Waals surface area contributed by atoms with Crippen LogP contribution in [-0.4, -0.2) is 58.2 Å². The predicted octanol–water partition coefficient (Wildman–Crippen LogP) is 2.75. The molecule has 0 radical (unpaired) electrons. The number of benzene rings is 2. The highest BCUT2D eigenvalue weighted by atomic mass is 16.5. The fraction of sp³-hybridized carbons (Fsp3) is 0.348. The number of aliphatic carboxylic acids is 2. The van der Waals surface area contributed by atoms with E-state index < -0.39 is 11.9 Å². The summed E-state index contributed by atoms with van der Waals surface area (Å²) in [5.41, 5.74) is 2.81. The maximum Gasteiger partial charge on any atom is 0.414 e. The normalized spacial score (nSPS) is 14.5. The number of carboxylic acid groups (broad SMARTS) is 2. The third-order valence-electron chi connectivity index (χ3n) is 5.03. The van der Waals surface area contributed by atoms with E-state index in [1.807, 2.05) is 31.2 Å². The van der Waals surface area contributed by atoms with Gasteiger partial charge in [-0.15, -0.1) is 0 Å². The second-order valence-corrected chi connectivity index (χ2v) is 7.51. The average Bonchev–Trinajstić information content (AvgIpc) is 3.16. The fourth-order valence-corrected chi connectivity index (χ4v) is 3.34. The molecule has 1 aromatic heterocycles. The van der Waals surface area contributed by atoms with Crippen LogP contribution in [0, 0.1) is 6.92 Å². The van der Waals surface area contributed by atoms with Crippen molar-refractivity contribution >= 4 is 22.9 Å². The number of hydrogen-bond acceptors (Lipinski definition) is 8. The van der Waals surface area contributed by atoms with Crippen molar-refractivity contribution in [3.05, 3.63) is 47.7 Å². The van der Waals surface area contributed by atoms with Gasteiger partial charge in [-0.3, -0.25) is 0 Å². The highest BCUT2D eigenvalue weighted by Gasteiger charge is 2.19. The van der Waals surface area contributed by atoms with Crippen molar-refractivity contribution in [2.24, 2.45) is 0 Å². The Morgan fingerprint density at radius 2 is 1.97 bits per heavy atom. The molecule has 0 amide bonds. The summed E-state index contributed by atoms with van der Waals surface area (Å²) in [6.45, 7) is 4.21. The smallest absolute Gasteiger partial charge is 0.414 e. The van der Waals surface area contributed by atoms with Gasteiger partial charge in [-0.05, 0) is 56.5 Å². The number of phenolic OH excluding ortho intramolecular Hbond substituents is 1. The van der Waals surface area contributed by atoms with Gasteiger partial charge in [-0.25, -0.2) is 9.59 Å². The minimum absolute atomic E-state index is 0.136.